The van der Waals surface area contributed by atoms with Crippen LogP contribution in [0.1, 0.15) is 29.3 Å². The van der Waals surface area contributed by atoms with E-state index in [0.717, 1.165) is 11.8 Å². The van der Waals surface area contributed by atoms with Gasteiger partial charge in [-0.25, -0.2) is 8.78 Å². The normalized spacial score (nSPS) is 10.3. The Hall–Kier alpha value is -2.23. The van der Waals surface area contributed by atoms with Crippen LogP contribution in [0.4, 0.5) is 14.5 Å². The number of Topliss-reactive ketones (excluding diaryl/α,β-unsaturated/α-hetero) is 1. The van der Waals surface area contributed by atoms with E-state index in [2.05, 4.69) is 5.32 Å². The summed E-state index contributed by atoms with van der Waals surface area (Å²) in [5.41, 5.74) is 1.83. The minimum atomic E-state index is -0.589. The largest absolute Gasteiger partial charge is 0.381 e. The first kappa shape index (κ1) is 14.2. The molecule has 0 amide bonds. The van der Waals surface area contributed by atoms with Crippen LogP contribution < -0.4 is 5.32 Å². The molecule has 4 heteroatoms. The van der Waals surface area contributed by atoms with Gasteiger partial charge in [0.15, 0.2) is 5.78 Å². The average molecular weight is 275 g/mol. The summed E-state index contributed by atoms with van der Waals surface area (Å²) in [6, 6.07) is 10.5. The molecule has 0 atom stereocenters. The van der Waals surface area contributed by atoms with Crippen LogP contribution >= 0.6 is 0 Å². The minimum absolute atomic E-state index is 0.0844. The van der Waals surface area contributed by atoms with Crippen LogP contribution in [0.2, 0.25) is 0 Å². The first-order chi connectivity index (χ1) is 9.60. The van der Waals surface area contributed by atoms with E-state index >= 15 is 0 Å². The lowest BCUT2D eigenvalue weighted by molar-refractivity contribution is 0.0988. The van der Waals surface area contributed by atoms with E-state index < -0.39 is 11.6 Å². The molecule has 0 aliphatic carbocycles. The van der Waals surface area contributed by atoms with Crippen LogP contribution in [0.25, 0.3) is 0 Å². The van der Waals surface area contributed by atoms with Gasteiger partial charge in [-0.05, 0) is 30.3 Å². The second kappa shape index (κ2) is 6.28. The summed E-state index contributed by atoms with van der Waals surface area (Å²) in [5, 5.41) is 3.03. The van der Waals surface area contributed by atoms with E-state index in [-0.39, 0.29) is 12.3 Å². The fourth-order valence-corrected chi connectivity index (χ4v) is 1.84. The standard InChI is InChI=1S/C16H15F2NO/c1-2-16(20)11-4-7-14(8-5-11)19-10-12-3-6-13(17)9-15(12)18/h3-9,19H,2,10H2,1H3. The Balaban J connectivity index is 2.02. The van der Waals surface area contributed by atoms with Crippen molar-refractivity contribution in [3.05, 3.63) is 65.2 Å². The van der Waals surface area contributed by atoms with Gasteiger partial charge in [0, 0.05) is 35.8 Å². The maximum Gasteiger partial charge on any atom is 0.162 e. The number of anilines is 1. The molecule has 0 aliphatic heterocycles. The molecule has 104 valence electrons. The van der Waals surface area contributed by atoms with Gasteiger partial charge in [-0.1, -0.05) is 13.0 Å². The molecule has 0 saturated heterocycles. The van der Waals surface area contributed by atoms with Crippen LogP contribution in [0.5, 0.6) is 0 Å². The predicted molar refractivity (Wildman–Crippen MR) is 74.7 cm³/mol. The molecule has 0 heterocycles. The zero-order chi connectivity index (χ0) is 14.5. The molecule has 2 aromatic rings. The molecule has 0 aromatic heterocycles. The monoisotopic (exact) mass is 275 g/mol. The second-order valence-corrected chi connectivity index (χ2v) is 4.44. The lowest BCUT2D eigenvalue weighted by Gasteiger charge is -2.08. The van der Waals surface area contributed by atoms with Crippen molar-refractivity contribution in [3.63, 3.8) is 0 Å². The topological polar surface area (TPSA) is 29.1 Å². The van der Waals surface area contributed by atoms with E-state index in [9.17, 15) is 13.6 Å². The molecule has 0 unspecified atom stereocenters. The average Bonchev–Trinajstić information content (AvgIpc) is 2.46. The Labute approximate surface area is 116 Å². The predicted octanol–water partition coefficient (Wildman–Crippen LogP) is 4.17. The van der Waals surface area contributed by atoms with Crippen molar-refractivity contribution >= 4 is 11.5 Å². The van der Waals surface area contributed by atoms with Gasteiger partial charge in [0.25, 0.3) is 0 Å². The number of ketones is 1. The molecular formula is C16H15F2NO. The Morgan fingerprint density at radius 2 is 1.80 bits per heavy atom. The quantitative estimate of drug-likeness (QED) is 0.830. The summed E-state index contributed by atoms with van der Waals surface area (Å²) in [6.07, 6.45) is 0.466. The maximum atomic E-state index is 13.4. The Bertz CT molecular complexity index is 608. The van der Waals surface area contributed by atoms with E-state index in [1.807, 2.05) is 6.92 Å². The molecular weight excluding hydrogens is 260 g/mol. The lowest BCUT2D eigenvalue weighted by atomic mass is 10.1. The fourth-order valence-electron chi connectivity index (χ4n) is 1.84. The Morgan fingerprint density at radius 1 is 1.10 bits per heavy atom. The summed E-state index contributed by atoms with van der Waals surface area (Å²) in [5.74, 6) is -1.08. The molecule has 2 nitrogen and oxygen atoms in total. The van der Waals surface area contributed by atoms with Gasteiger partial charge in [0.1, 0.15) is 11.6 Å². The molecule has 0 saturated carbocycles. The van der Waals surface area contributed by atoms with E-state index in [4.69, 9.17) is 0 Å². The first-order valence-electron chi connectivity index (χ1n) is 6.41. The van der Waals surface area contributed by atoms with Crippen molar-refractivity contribution in [2.45, 2.75) is 19.9 Å². The van der Waals surface area contributed by atoms with Crippen molar-refractivity contribution < 1.29 is 13.6 Å². The molecule has 1 N–H and O–H groups in total. The van der Waals surface area contributed by atoms with Crippen LogP contribution in [-0.4, -0.2) is 5.78 Å². The van der Waals surface area contributed by atoms with Gasteiger partial charge in [-0.2, -0.15) is 0 Å². The van der Waals surface area contributed by atoms with Crippen LogP contribution in [0.15, 0.2) is 42.5 Å². The molecule has 0 radical (unpaired) electrons. The van der Waals surface area contributed by atoms with E-state index in [1.54, 1.807) is 24.3 Å². The van der Waals surface area contributed by atoms with E-state index in [0.29, 0.717) is 17.5 Å². The number of carbonyl (C=O) groups excluding carboxylic acids is 1. The van der Waals surface area contributed by atoms with Crippen LogP contribution in [0.3, 0.4) is 0 Å². The third kappa shape index (κ3) is 3.41. The first-order valence-corrected chi connectivity index (χ1v) is 6.41. The summed E-state index contributed by atoms with van der Waals surface area (Å²) in [4.78, 5) is 11.5. The smallest absolute Gasteiger partial charge is 0.162 e. The van der Waals surface area contributed by atoms with Gasteiger partial charge in [-0.15, -0.1) is 0 Å². The summed E-state index contributed by atoms with van der Waals surface area (Å²) < 4.78 is 26.2. The number of benzene rings is 2. The SMILES string of the molecule is CCC(=O)c1ccc(NCc2ccc(F)cc2F)cc1. The lowest BCUT2D eigenvalue weighted by Crippen LogP contribution is -2.03. The highest BCUT2D eigenvalue weighted by Gasteiger charge is 2.05. The zero-order valence-corrected chi connectivity index (χ0v) is 11.1. The van der Waals surface area contributed by atoms with Gasteiger partial charge in [0.2, 0.25) is 0 Å². The number of rotatable bonds is 5. The molecule has 0 spiro atoms. The van der Waals surface area contributed by atoms with Gasteiger partial charge in [-0.3, -0.25) is 4.79 Å². The Morgan fingerprint density at radius 3 is 2.40 bits per heavy atom. The van der Waals surface area contributed by atoms with Crippen molar-refractivity contribution in [2.24, 2.45) is 0 Å². The number of carbonyl (C=O) groups is 1. The summed E-state index contributed by atoms with van der Waals surface area (Å²) in [7, 11) is 0. The maximum absolute atomic E-state index is 13.4. The van der Waals surface area contributed by atoms with Gasteiger partial charge in [0.05, 0.1) is 0 Å². The summed E-state index contributed by atoms with van der Waals surface area (Å²) in [6.45, 7) is 2.07. The Kier molecular flexibility index (Phi) is 4.45. The second-order valence-electron chi connectivity index (χ2n) is 4.44. The fraction of sp³-hybridized carbons (Fsp3) is 0.188. The van der Waals surface area contributed by atoms with Crippen LogP contribution in [0, 0.1) is 11.6 Å². The number of hydrogen-bond donors (Lipinski definition) is 1. The van der Waals surface area contributed by atoms with Gasteiger partial charge >= 0.3 is 0 Å². The van der Waals surface area contributed by atoms with Crippen molar-refractivity contribution in [1.82, 2.24) is 0 Å². The van der Waals surface area contributed by atoms with Crippen molar-refractivity contribution in [3.8, 4) is 0 Å². The number of hydrogen-bond acceptors (Lipinski definition) is 2. The molecule has 20 heavy (non-hydrogen) atoms. The molecule has 0 bridgehead atoms. The minimum Gasteiger partial charge on any atom is -0.381 e. The third-order valence-electron chi connectivity index (χ3n) is 3.03. The highest BCUT2D eigenvalue weighted by atomic mass is 19.1. The van der Waals surface area contributed by atoms with Crippen LogP contribution in [-0.2, 0) is 6.54 Å². The highest BCUT2D eigenvalue weighted by Crippen LogP contribution is 2.14. The number of nitrogens with one attached hydrogen (secondary N) is 1. The van der Waals surface area contributed by atoms with Gasteiger partial charge < -0.3 is 5.32 Å². The molecule has 0 aliphatic rings. The number of halogens is 2. The highest BCUT2D eigenvalue weighted by molar-refractivity contribution is 5.96. The molecule has 2 aromatic carbocycles. The third-order valence-corrected chi connectivity index (χ3v) is 3.03. The molecule has 2 rings (SSSR count). The zero-order valence-electron chi connectivity index (χ0n) is 11.1. The summed E-state index contributed by atoms with van der Waals surface area (Å²) >= 11 is 0. The van der Waals surface area contributed by atoms with E-state index in [1.165, 1.54) is 12.1 Å². The van der Waals surface area contributed by atoms with Crippen molar-refractivity contribution in [2.75, 3.05) is 5.32 Å². The molecule has 0 fully saturated rings. The van der Waals surface area contributed by atoms with Crippen molar-refractivity contribution in [1.29, 1.82) is 0 Å².